The standard InChI is InChI=1S/C17H20N6.C2H6/c18-13-3-1-11(9-14(13)19)17-21-15-4-2-12(10-16(15)22-17)23-7-5-20-6-8-23;1-2/h1-4,9-10,20H,5-8,18-19H2,(H,21,22);1-2H3. The van der Waals surface area contributed by atoms with Crippen LogP contribution in [0.15, 0.2) is 36.4 Å². The molecule has 0 amide bonds. The fourth-order valence-electron chi connectivity index (χ4n) is 2.98. The summed E-state index contributed by atoms with van der Waals surface area (Å²) in [5.74, 6) is 0.809. The molecule has 1 fully saturated rings. The Balaban J connectivity index is 0.000000880. The summed E-state index contributed by atoms with van der Waals surface area (Å²) in [6, 6.07) is 12.0. The number of hydrogen-bond donors (Lipinski definition) is 4. The van der Waals surface area contributed by atoms with Crippen molar-refractivity contribution in [1.82, 2.24) is 15.3 Å². The Labute approximate surface area is 148 Å². The predicted octanol–water partition coefficient (Wildman–Crippen LogP) is 2.83. The molecule has 0 bridgehead atoms. The van der Waals surface area contributed by atoms with Crippen LogP contribution in [0, 0.1) is 0 Å². The topological polar surface area (TPSA) is 96.0 Å². The molecule has 6 nitrogen and oxygen atoms in total. The lowest BCUT2D eigenvalue weighted by molar-refractivity contribution is 0.589. The van der Waals surface area contributed by atoms with Gasteiger partial charge in [-0.3, -0.25) is 0 Å². The van der Waals surface area contributed by atoms with Crippen molar-refractivity contribution in [3.8, 4) is 11.4 Å². The molecule has 0 atom stereocenters. The molecule has 4 rings (SSSR count). The van der Waals surface area contributed by atoms with Gasteiger partial charge < -0.3 is 26.7 Å². The lowest BCUT2D eigenvalue weighted by Gasteiger charge is -2.29. The van der Waals surface area contributed by atoms with Crippen LogP contribution in [-0.2, 0) is 0 Å². The number of imidazole rings is 1. The summed E-state index contributed by atoms with van der Waals surface area (Å²) >= 11 is 0. The van der Waals surface area contributed by atoms with E-state index >= 15 is 0 Å². The minimum atomic E-state index is 0.574. The highest BCUT2D eigenvalue weighted by molar-refractivity contribution is 5.84. The molecule has 2 heterocycles. The van der Waals surface area contributed by atoms with E-state index in [4.69, 9.17) is 11.5 Å². The second kappa shape index (κ2) is 7.44. The predicted molar refractivity (Wildman–Crippen MR) is 107 cm³/mol. The van der Waals surface area contributed by atoms with Gasteiger partial charge in [-0.2, -0.15) is 0 Å². The van der Waals surface area contributed by atoms with Gasteiger partial charge in [0.2, 0.25) is 0 Å². The van der Waals surface area contributed by atoms with E-state index in [9.17, 15) is 0 Å². The number of aromatic amines is 1. The normalized spacial score (nSPS) is 14.2. The summed E-state index contributed by atoms with van der Waals surface area (Å²) in [5.41, 5.74) is 17.0. The van der Waals surface area contributed by atoms with Crippen LogP contribution in [0.5, 0.6) is 0 Å². The first-order valence-corrected chi connectivity index (χ1v) is 8.81. The summed E-state index contributed by atoms with van der Waals surface area (Å²) in [7, 11) is 0. The second-order valence-electron chi connectivity index (χ2n) is 5.87. The van der Waals surface area contributed by atoms with Crippen molar-refractivity contribution in [2.75, 3.05) is 42.5 Å². The number of aromatic nitrogens is 2. The summed E-state index contributed by atoms with van der Waals surface area (Å²) in [4.78, 5) is 10.4. The van der Waals surface area contributed by atoms with E-state index in [1.165, 1.54) is 5.69 Å². The van der Waals surface area contributed by atoms with E-state index in [0.717, 1.165) is 48.6 Å². The number of nitrogens with two attached hydrogens (primary N) is 2. The maximum Gasteiger partial charge on any atom is 0.138 e. The third-order valence-electron chi connectivity index (χ3n) is 4.31. The maximum atomic E-state index is 5.89. The quantitative estimate of drug-likeness (QED) is 0.539. The largest absolute Gasteiger partial charge is 0.397 e. The summed E-state index contributed by atoms with van der Waals surface area (Å²) < 4.78 is 0. The Hall–Kier alpha value is -2.73. The van der Waals surface area contributed by atoms with E-state index in [2.05, 4.69) is 38.4 Å². The van der Waals surface area contributed by atoms with Crippen molar-refractivity contribution >= 4 is 28.1 Å². The van der Waals surface area contributed by atoms with E-state index in [0.29, 0.717) is 11.4 Å². The van der Waals surface area contributed by atoms with E-state index < -0.39 is 0 Å². The molecule has 6 heteroatoms. The first-order valence-electron chi connectivity index (χ1n) is 8.81. The van der Waals surface area contributed by atoms with Crippen LogP contribution in [0.2, 0.25) is 0 Å². The van der Waals surface area contributed by atoms with E-state index in [-0.39, 0.29) is 0 Å². The molecular formula is C19H26N6. The molecule has 1 aromatic heterocycles. The molecule has 3 aromatic rings. The van der Waals surface area contributed by atoms with Crippen LogP contribution in [-0.4, -0.2) is 36.1 Å². The highest BCUT2D eigenvalue weighted by atomic mass is 15.2. The van der Waals surface area contributed by atoms with Gasteiger partial charge in [0.1, 0.15) is 5.82 Å². The van der Waals surface area contributed by atoms with Crippen molar-refractivity contribution in [3.05, 3.63) is 36.4 Å². The Morgan fingerprint density at radius 3 is 2.44 bits per heavy atom. The highest BCUT2D eigenvalue weighted by Gasteiger charge is 2.12. The van der Waals surface area contributed by atoms with Crippen molar-refractivity contribution in [2.45, 2.75) is 13.8 Å². The average Bonchev–Trinajstić information content (AvgIpc) is 3.09. The Morgan fingerprint density at radius 2 is 1.72 bits per heavy atom. The number of rotatable bonds is 2. The van der Waals surface area contributed by atoms with E-state index in [1.807, 2.05) is 32.0 Å². The zero-order valence-corrected chi connectivity index (χ0v) is 14.8. The molecular weight excluding hydrogens is 312 g/mol. The number of nitrogens with one attached hydrogen (secondary N) is 2. The minimum Gasteiger partial charge on any atom is -0.397 e. The van der Waals surface area contributed by atoms with Gasteiger partial charge in [0.15, 0.2) is 0 Å². The van der Waals surface area contributed by atoms with Crippen LogP contribution in [0.1, 0.15) is 13.8 Å². The van der Waals surface area contributed by atoms with Crippen molar-refractivity contribution < 1.29 is 0 Å². The van der Waals surface area contributed by atoms with Gasteiger partial charge in [-0.1, -0.05) is 13.8 Å². The maximum absolute atomic E-state index is 5.89. The Morgan fingerprint density at radius 1 is 0.960 bits per heavy atom. The molecule has 0 saturated carbocycles. The fraction of sp³-hybridized carbons (Fsp3) is 0.316. The van der Waals surface area contributed by atoms with Gasteiger partial charge in [0, 0.05) is 37.4 Å². The van der Waals surface area contributed by atoms with Gasteiger partial charge in [-0.05, 0) is 36.4 Å². The smallest absolute Gasteiger partial charge is 0.138 e. The van der Waals surface area contributed by atoms with Crippen molar-refractivity contribution in [1.29, 1.82) is 0 Å². The average molecular weight is 338 g/mol. The Kier molecular flexibility index (Phi) is 5.09. The van der Waals surface area contributed by atoms with Gasteiger partial charge in [0.25, 0.3) is 0 Å². The number of nitrogens with zero attached hydrogens (tertiary/aromatic N) is 2. The number of anilines is 3. The fourth-order valence-corrected chi connectivity index (χ4v) is 2.98. The number of hydrogen-bond acceptors (Lipinski definition) is 5. The molecule has 1 aliphatic heterocycles. The Bertz CT molecular complexity index is 848. The molecule has 25 heavy (non-hydrogen) atoms. The molecule has 0 unspecified atom stereocenters. The van der Waals surface area contributed by atoms with Gasteiger partial charge in [-0.25, -0.2) is 4.98 Å². The van der Waals surface area contributed by atoms with Gasteiger partial charge in [0.05, 0.1) is 22.4 Å². The van der Waals surface area contributed by atoms with Crippen LogP contribution in [0.4, 0.5) is 17.1 Å². The highest BCUT2D eigenvalue weighted by Crippen LogP contribution is 2.27. The van der Waals surface area contributed by atoms with Crippen molar-refractivity contribution in [3.63, 3.8) is 0 Å². The molecule has 1 saturated heterocycles. The molecule has 6 N–H and O–H groups in total. The van der Waals surface area contributed by atoms with Crippen LogP contribution >= 0.6 is 0 Å². The molecule has 0 aliphatic carbocycles. The molecule has 2 aromatic carbocycles. The number of nitrogen functional groups attached to an aromatic ring is 2. The third kappa shape index (κ3) is 3.53. The van der Waals surface area contributed by atoms with Gasteiger partial charge in [-0.15, -0.1) is 0 Å². The van der Waals surface area contributed by atoms with Crippen LogP contribution < -0.4 is 21.7 Å². The summed E-state index contributed by atoms with van der Waals surface area (Å²) in [5, 5.41) is 3.37. The van der Waals surface area contributed by atoms with Crippen molar-refractivity contribution in [2.24, 2.45) is 0 Å². The van der Waals surface area contributed by atoms with E-state index in [1.54, 1.807) is 0 Å². The zero-order valence-electron chi connectivity index (χ0n) is 14.8. The molecule has 132 valence electrons. The number of piperazine rings is 1. The summed E-state index contributed by atoms with van der Waals surface area (Å²) in [6.07, 6.45) is 0. The monoisotopic (exact) mass is 338 g/mol. The number of benzene rings is 2. The molecule has 0 radical (unpaired) electrons. The SMILES string of the molecule is CC.Nc1ccc(-c2nc3ccc(N4CCNCC4)cc3[nH]2)cc1N. The summed E-state index contributed by atoms with van der Waals surface area (Å²) in [6.45, 7) is 8.11. The molecule has 0 spiro atoms. The van der Waals surface area contributed by atoms with Crippen LogP contribution in [0.3, 0.4) is 0 Å². The number of H-pyrrole nitrogens is 1. The second-order valence-corrected chi connectivity index (χ2v) is 5.87. The first-order chi connectivity index (χ1) is 12.2. The lowest BCUT2D eigenvalue weighted by Crippen LogP contribution is -2.43. The molecule has 1 aliphatic rings. The minimum absolute atomic E-state index is 0.574. The lowest BCUT2D eigenvalue weighted by atomic mass is 10.1. The first kappa shape index (κ1) is 17.1. The third-order valence-corrected chi connectivity index (χ3v) is 4.31. The zero-order chi connectivity index (χ0) is 17.8. The van der Waals surface area contributed by atoms with Crippen LogP contribution in [0.25, 0.3) is 22.4 Å². The number of fused-ring (bicyclic) bond motifs is 1. The van der Waals surface area contributed by atoms with Gasteiger partial charge >= 0.3 is 0 Å².